The second-order valence-corrected chi connectivity index (χ2v) is 8.58. The number of aromatic nitrogens is 1. The van der Waals surface area contributed by atoms with Crippen LogP contribution in [0.15, 0.2) is 60.8 Å². The molecule has 3 aromatic rings. The lowest BCUT2D eigenvalue weighted by Gasteiger charge is -2.33. The summed E-state index contributed by atoms with van der Waals surface area (Å²) in [6.45, 7) is 3.07. The number of pyridine rings is 1. The molecule has 3 N–H and O–H groups in total. The second-order valence-electron chi connectivity index (χ2n) is 8.58. The van der Waals surface area contributed by atoms with Crippen LogP contribution in [0.5, 0.6) is 0 Å². The van der Waals surface area contributed by atoms with Crippen LogP contribution in [0.3, 0.4) is 0 Å². The number of nitrogens with one attached hydrogen (secondary N) is 2. The molecule has 0 aliphatic carbocycles. The Morgan fingerprint density at radius 3 is 2.73 bits per heavy atom. The normalized spacial score (nSPS) is 17.0. The van der Waals surface area contributed by atoms with E-state index in [1.165, 1.54) is 6.07 Å². The average molecular weight is 452 g/mol. The van der Waals surface area contributed by atoms with Crippen molar-refractivity contribution in [3.63, 3.8) is 0 Å². The monoisotopic (exact) mass is 451 g/mol. The smallest absolute Gasteiger partial charge is 0.307 e. The summed E-state index contributed by atoms with van der Waals surface area (Å²) >= 11 is 0. The quantitative estimate of drug-likeness (QED) is 0.463. The highest BCUT2D eigenvalue weighted by Gasteiger charge is 2.28. The second kappa shape index (κ2) is 10.1. The Morgan fingerprint density at radius 2 is 1.97 bits per heavy atom. The van der Waals surface area contributed by atoms with E-state index in [4.69, 9.17) is 5.11 Å². The number of hydrogen-bond acceptors (Lipinski definition) is 4. The lowest BCUT2D eigenvalue weighted by Crippen LogP contribution is -2.37. The fourth-order valence-corrected chi connectivity index (χ4v) is 4.48. The van der Waals surface area contributed by atoms with Crippen LogP contribution < -0.4 is 10.6 Å². The molecule has 3 atom stereocenters. The number of nitrogens with zero attached hydrogens (tertiary/aromatic N) is 1. The first-order chi connectivity index (χ1) is 15.9. The molecule has 0 saturated heterocycles. The summed E-state index contributed by atoms with van der Waals surface area (Å²) in [6.07, 6.45) is 2.12. The summed E-state index contributed by atoms with van der Waals surface area (Å²) in [5, 5.41) is 16.1. The number of aliphatic carboxylic acids is 1. The van der Waals surface area contributed by atoms with E-state index in [-0.39, 0.29) is 23.4 Å². The number of benzene rings is 2. The molecule has 0 radical (unpaired) electrons. The van der Waals surface area contributed by atoms with Gasteiger partial charge in [-0.1, -0.05) is 37.3 Å². The van der Waals surface area contributed by atoms with E-state index in [1.54, 1.807) is 6.20 Å². The van der Waals surface area contributed by atoms with E-state index >= 15 is 0 Å². The number of rotatable bonds is 8. The van der Waals surface area contributed by atoms with E-state index < -0.39 is 24.0 Å². The maximum absolute atomic E-state index is 14.6. The number of carbonyl (C=O) groups is 1. The van der Waals surface area contributed by atoms with Crippen molar-refractivity contribution < 1.29 is 18.7 Å². The van der Waals surface area contributed by atoms with Crippen molar-refractivity contribution in [2.75, 3.05) is 18.4 Å². The van der Waals surface area contributed by atoms with Crippen molar-refractivity contribution in [3.05, 3.63) is 94.8 Å². The highest BCUT2D eigenvalue weighted by Crippen LogP contribution is 2.32. The first-order valence-electron chi connectivity index (χ1n) is 11.1. The summed E-state index contributed by atoms with van der Waals surface area (Å²) in [7, 11) is 0. The van der Waals surface area contributed by atoms with E-state index in [1.807, 2.05) is 37.3 Å². The average Bonchev–Trinajstić information content (AvgIpc) is 2.81. The van der Waals surface area contributed by atoms with Gasteiger partial charge in [0.1, 0.15) is 11.6 Å². The highest BCUT2D eigenvalue weighted by molar-refractivity contribution is 5.70. The minimum absolute atomic E-state index is 0.00157. The van der Waals surface area contributed by atoms with Gasteiger partial charge in [-0.25, -0.2) is 8.78 Å². The van der Waals surface area contributed by atoms with E-state index in [2.05, 4.69) is 27.8 Å². The van der Waals surface area contributed by atoms with Crippen LogP contribution in [0.2, 0.25) is 0 Å². The van der Waals surface area contributed by atoms with Gasteiger partial charge in [-0.3, -0.25) is 9.78 Å². The van der Waals surface area contributed by atoms with Gasteiger partial charge in [0.05, 0.1) is 17.8 Å². The van der Waals surface area contributed by atoms with Gasteiger partial charge in [-0.15, -0.1) is 0 Å². The molecule has 33 heavy (non-hydrogen) atoms. The first kappa shape index (κ1) is 22.9. The third-order valence-electron chi connectivity index (χ3n) is 6.21. The largest absolute Gasteiger partial charge is 0.481 e. The third-order valence-corrected chi connectivity index (χ3v) is 6.21. The lowest BCUT2D eigenvalue weighted by molar-refractivity contribution is -0.136. The van der Waals surface area contributed by atoms with Gasteiger partial charge < -0.3 is 15.7 Å². The molecular formula is C26H27F2N3O2. The van der Waals surface area contributed by atoms with E-state index in [0.29, 0.717) is 12.1 Å². The Balaban J connectivity index is 1.54. The lowest BCUT2D eigenvalue weighted by atomic mass is 9.86. The Hall–Kier alpha value is -3.32. The Labute approximate surface area is 191 Å². The summed E-state index contributed by atoms with van der Waals surface area (Å²) in [6, 6.07) is 16.2. The Morgan fingerprint density at radius 1 is 1.18 bits per heavy atom. The van der Waals surface area contributed by atoms with Gasteiger partial charge in [-0.05, 0) is 47.2 Å². The van der Waals surface area contributed by atoms with Gasteiger partial charge >= 0.3 is 5.97 Å². The van der Waals surface area contributed by atoms with E-state index in [0.717, 1.165) is 36.0 Å². The Bertz CT molecular complexity index is 1120. The molecule has 0 bridgehead atoms. The van der Waals surface area contributed by atoms with Crippen molar-refractivity contribution in [1.29, 1.82) is 0 Å². The number of halogens is 2. The highest BCUT2D eigenvalue weighted by atomic mass is 19.1. The third kappa shape index (κ3) is 5.37. The summed E-state index contributed by atoms with van der Waals surface area (Å²) in [5.74, 6) is -2.71. The van der Waals surface area contributed by atoms with Crippen molar-refractivity contribution in [3.8, 4) is 0 Å². The number of hydrogen-bond donors (Lipinski definition) is 3. The zero-order valence-corrected chi connectivity index (χ0v) is 18.4. The maximum atomic E-state index is 14.6. The maximum Gasteiger partial charge on any atom is 0.307 e. The molecule has 0 saturated carbocycles. The molecule has 4 rings (SSSR count). The predicted octanol–water partition coefficient (Wildman–Crippen LogP) is 4.71. The number of carboxylic acid groups (broad SMARTS) is 1. The minimum atomic E-state index is -1.15. The molecule has 1 aliphatic rings. The SMILES string of the molecule is C[C@H](CN[C@H](c1ccccc1)[C@H]1CNc2cccnc2C1)c1cc(CC(=O)O)c(F)cc1F. The van der Waals surface area contributed by atoms with Crippen molar-refractivity contribution in [1.82, 2.24) is 10.3 Å². The molecule has 0 spiro atoms. The molecule has 2 aromatic carbocycles. The molecule has 172 valence electrons. The molecule has 0 fully saturated rings. The zero-order valence-electron chi connectivity index (χ0n) is 18.4. The van der Waals surface area contributed by atoms with Crippen molar-refractivity contribution in [2.45, 2.75) is 31.7 Å². The van der Waals surface area contributed by atoms with Gasteiger partial charge in [0, 0.05) is 37.3 Å². The molecule has 1 aromatic heterocycles. The van der Waals surface area contributed by atoms with Crippen LogP contribution in [-0.2, 0) is 17.6 Å². The van der Waals surface area contributed by atoms with Crippen LogP contribution in [0.1, 0.15) is 41.3 Å². The molecular weight excluding hydrogens is 424 g/mol. The minimum Gasteiger partial charge on any atom is -0.481 e. The Kier molecular flexibility index (Phi) is 6.99. The first-order valence-corrected chi connectivity index (χ1v) is 11.1. The van der Waals surface area contributed by atoms with Crippen LogP contribution in [0.4, 0.5) is 14.5 Å². The molecule has 7 heteroatoms. The van der Waals surface area contributed by atoms with Crippen molar-refractivity contribution >= 4 is 11.7 Å². The zero-order chi connectivity index (χ0) is 23.4. The van der Waals surface area contributed by atoms with Gasteiger partial charge in [-0.2, -0.15) is 0 Å². The van der Waals surface area contributed by atoms with Crippen LogP contribution in [0.25, 0.3) is 0 Å². The number of carboxylic acids is 1. The fourth-order valence-electron chi connectivity index (χ4n) is 4.48. The molecule has 0 amide bonds. The molecule has 5 nitrogen and oxygen atoms in total. The number of anilines is 1. The molecule has 0 unspecified atom stereocenters. The van der Waals surface area contributed by atoms with Crippen LogP contribution >= 0.6 is 0 Å². The van der Waals surface area contributed by atoms with E-state index in [9.17, 15) is 13.6 Å². The van der Waals surface area contributed by atoms with Gasteiger partial charge in [0.25, 0.3) is 0 Å². The van der Waals surface area contributed by atoms with Crippen LogP contribution in [-0.4, -0.2) is 29.1 Å². The number of fused-ring (bicyclic) bond motifs is 1. The molecule has 1 aliphatic heterocycles. The van der Waals surface area contributed by atoms with Gasteiger partial charge in [0.15, 0.2) is 0 Å². The van der Waals surface area contributed by atoms with Crippen LogP contribution in [0, 0.1) is 17.6 Å². The summed E-state index contributed by atoms with van der Waals surface area (Å²) < 4.78 is 28.6. The summed E-state index contributed by atoms with van der Waals surface area (Å²) in [5.41, 5.74) is 3.49. The standard InChI is InChI=1S/C26H27F2N3O2/c1-16(20-10-18(12-25(32)33)21(27)13-22(20)28)14-31-26(17-6-3-2-4-7-17)19-11-24-23(30-15-19)8-5-9-29-24/h2-10,13,16,19,26,30-31H,11-12,14-15H2,1H3,(H,32,33)/t16-,19-,26-/m1/s1. The van der Waals surface area contributed by atoms with Crippen molar-refractivity contribution in [2.24, 2.45) is 5.92 Å². The predicted molar refractivity (Wildman–Crippen MR) is 123 cm³/mol. The molecule has 2 heterocycles. The van der Waals surface area contributed by atoms with Gasteiger partial charge in [0.2, 0.25) is 0 Å². The fraction of sp³-hybridized carbons (Fsp3) is 0.308. The summed E-state index contributed by atoms with van der Waals surface area (Å²) in [4.78, 5) is 15.6. The topological polar surface area (TPSA) is 74.2 Å².